The molecular weight excluding hydrogens is 320 g/mol. The van der Waals surface area contributed by atoms with Crippen molar-refractivity contribution in [2.24, 2.45) is 0 Å². The number of carbonyl (C=O) groups is 1. The monoisotopic (exact) mass is 342 g/mol. The van der Waals surface area contributed by atoms with Crippen LogP contribution in [0.2, 0.25) is 0 Å². The van der Waals surface area contributed by atoms with Crippen LogP contribution in [0.4, 0.5) is 17.3 Å². The summed E-state index contributed by atoms with van der Waals surface area (Å²) in [4.78, 5) is 25.0. The fourth-order valence-electron chi connectivity index (χ4n) is 2.78. The zero-order valence-corrected chi connectivity index (χ0v) is 14.2. The number of carbonyl (C=O) groups excluding carboxylic acids is 1. The van der Waals surface area contributed by atoms with E-state index in [1.54, 1.807) is 43.8 Å². The van der Waals surface area contributed by atoms with Gasteiger partial charge < -0.3 is 20.7 Å². The molecule has 25 heavy (non-hydrogen) atoms. The van der Waals surface area contributed by atoms with Gasteiger partial charge in [-0.3, -0.25) is 9.69 Å². The highest BCUT2D eigenvalue weighted by molar-refractivity contribution is 5.93. The van der Waals surface area contributed by atoms with E-state index in [0.717, 1.165) is 32.1 Å². The lowest BCUT2D eigenvalue weighted by atomic mass is 10.2. The van der Waals surface area contributed by atoms with Crippen LogP contribution in [0.15, 0.2) is 36.7 Å². The number of nitrogens with one attached hydrogen (secondary N) is 1. The van der Waals surface area contributed by atoms with E-state index in [9.17, 15) is 4.79 Å². The second kappa shape index (κ2) is 7.80. The van der Waals surface area contributed by atoms with Crippen molar-refractivity contribution in [3.8, 4) is 5.75 Å². The molecule has 1 amide bonds. The van der Waals surface area contributed by atoms with Crippen molar-refractivity contribution < 1.29 is 9.53 Å². The third-order valence-electron chi connectivity index (χ3n) is 4.09. The van der Waals surface area contributed by atoms with Gasteiger partial charge in [0.1, 0.15) is 5.75 Å². The maximum absolute atomic E-state index is 12.2. The SMILES string of the molecule is COc1ccc(NC(=O)CN2CCN(c3ncccn3)CC2)cc1N. The van der Waals surface area contributed by atoms with Gasteiger partial charge in [0.05, 0.1) is 19.3 Å². The Kier molecular flexibility index (Phi) is 5.30. The number of piperazine rings is 1. The zero-order valence-electron chi connectivity index (χ0n) is 14.2. The lowest BCUT2D eigenvalue weighted by molar-refractivity contribution is -0.117. The van der Waals surface area contributed by atoms with Crippen LogP contribution in [0.5, 0.6) is 5.75 Å². The smallest absolute Gasteiger partial charge is 0.238 e. The molecule has 0 atom stereocenters. The van der Waals surface area contributed by atoms with Crippen molar-refractivity contribution in [2.45, 2.75) is 0 Å². The Morgan fingerprint density at radius 1 is 1.24 bits per heavy atom. The average molecular weight is 342 g/mol. The minimum Gasteiger partial charge on any atom is -0.495 e. The van der Waals surface area contributed by atoms with Crippen molar-refractivity contribution in [3.05, 3.63) is 36.7 Å². The first-order valence-electron chi connectivity index (χ1n) is 8.13. The Morgan fingerprint density at radius 3 is 2.60 bits per heavy atom. The van der Waals surface area contributed by atoms with Crippen LogP contribution < -0.4 is 20.7 Å². The van der Waals surface area contributed by atoms with Crippen LogP contribution in [0.25, 0.3) is 0 Å². The number of hydrogen-bond donors (Lipinski definition) is 2. The molecule has 3 rings (SSSR count). The number of ether oxygens (including phenoxy) is 1. The van der Waals surface area contributed by atoms with E-state index in [0.29, 0.717) is 23.7 Å². The number of nitrogens with zero attached hydrogens (tertiary/aromatic N) is 4. The summed E-state index contributed by atoms with van der Waals surface area (Å²) in [6.45, 7) is 3.52. The third kappa shape index (κ3) is 4.36. The number of hydrogen-bond acceptors (Lipinski definition) is 7. The Balaban J connectivity index is 1.49. The molecule has 8 nitrogen and oxygen atoms in total. The third-order valence-corrected chi connectivity index (χ3v) is 4.09. The summed E-state index contributed by atoms with van der Waals surface area (Å²) in [6.07, 6.45) is 3.48. The minimum absolute atomic E-state index is 0.0611. The highest BCUT2D eigenvalue weighted by atomic mass is 16.5. The lowest BCUT2D eigenvalue weighted by Crippen LogP contribution is -2.49. The molecule has 1 aromatic heterocycles. The molecular formula is C17H22N6O2. The molecule has 1 aromatic carbocycles. The number of nitrogens with two attached hydrogens (primary N) is 1. The number of methoxy groups -OCH3 is 1. The number of amides is 1. The summed E-state index contributed by atoms with van der Waals surface area (Å²) in [6, 6.07) is 7.01. The molecule has 1 fully saturated rings. The lowest BCUT2D eigenvalue weighted by Gasteiger charge is -2.34. The van der Waals surface area contributed by atoms with E-state index in [4.69, 9.17) is 10.5 Å². The molecule has 3 N–H and O–H groups in total. The van der Waals surface area contributed by atoms with Gasteiger partial charge in [-0.05, 0) is 24.3 Å². The molecule has 2 heterocycles. The Labute approximate surface area is 146 Å². The topological polar surface area (TPSA) is 96.6 Å². The second-order valence-corrected chi connectivity index (χ2v) is 5.82. The largest absolute Gasteiger partial charge is 0.495 e. The molecule has 0 unspecified atom stereocenters. The molecule has 0 spiro atoms. The fraction of sp³-hybridized carbons (Fsp3) is 0.353. The number of rotatable bonds is 5. The molecule has 1 aliphatic heterocycles. The van der Waals surface area contributed by atoms with E-state index in [2.05, 4.69) is 25.1 Å². The quantitative estimate of drug-likeness (QED) is 0.777. The molecule has 8 heteroatoms. The standard InChI is InChI=1S/C17H22N6O2/c1-25-15-4-3-13(11-14(15)18)21-16(24)12-22-7-9-23(10-8-22)17-19-5-2-6-20-17/h2-6,11H,7-10,12,18H2,1H3,(H,21,24). The van der Waals surface area contributed by atoms with Gasteiger partial charge in [0.2, 0.25) is 11.9 Å². The molecule has 0 radical (unpaired) electrons. The van der Waals surface area contributed by atoms with Gasteiger partial charge in [-0.2, -0.15) is 0 Å². The van der Waals surface area contributed by atoms with E-state index in [-0.39, 0.29) is 5.91 Å². The number of aromatic nitrogens is 2. The molecule has 0 bridgehead atoms. The number of benzene rings is 1. The Bertz CT molecular complexity index is 716. The van der Waals surface area contributed by atoms with E-state index in [1.165, 1.54) is 0 Å². The average Bonchev–Trinajstić information content (AvgIpc) is 2.63. The molecule has 2 aromatic rings. The molecule has 0 aliphatic carbocycles. The van der Waals surface area contributed by atoms with Crippen LogP contribution in [-0.2, 0) is 4.79 Å². The molecule has 0 saturated carbocycles. The normalized spacial score (nSPS) is 15.0. The number of anilines is 3. The van der Waals surface area contributed by atoms with Gasteiger partial charge >= 0.3 is 0 Å². The van der Waals surface area contributed by atoms with Crippen LogP contribution in [0, 0.1) is 0 Å². The predicted molar refractivity (Wildman–Crippen MR) is 96.7 cm³/mol. The van der Waals surface area contributed by atoms with E-state index < -0.39 is 0 Å². The fourth-order valence-corrected chi connectivity index (χ4v) is 2.78. The summed E-state index contributed by atoms with van der Waals surface area (Å²) in [5, 5.41) is 2.87. The van der Waals surface area contributed by atoms with Crippen molar-refractivity contribution in [2.75, 3.05) is 55.8 Å². The van der Waals surface area contributed by atoms with Gasteiger partial charge in [0.25, 0.3) is 0 Å². The first-order chi connectivity index (χ1) is 12.2. The van der Waals surface area contributed by atoms with Crippen molar-refractivity contribution in [1.29, 1.82) is 0 Å². The molecule has 1 saturated heterocycles. The van der Waals surface area contributed by atoms with E-state index in [1.807, 2.05) is 0 Å². The van der Waals surface area contributed by atoms with Gasteiger partial charge in [-0.1, -0.05) is 0 Å². The van der Waals surface area contributed by atoms with Crippen LogP contribution in [-0.4, -0.2) is 60.6 Å². The maximum Gasteiger partial charge on any atom is 0.238 e. The highest BCUT2D eigenvalue weighted by Gasteiger charge is 2.20. The van der Waals surface area contributed by atoms with Crippen molar-refractivity contribution in [1.82, 2.24) is 14.9 Å². The van der Waals surface area contributed by atoms with Crippen molar-refractivity contribution >= 4 is 23.2 Å². The molecule has 1 aliphatic rings. The second-order valence-electron chi connectivity index (χ2n) is 5.82. The van der Waals surface area contributed by atoms with Crippen LogP contribution in [0.1, 0.15) is 0 Å². The number of nitrogen functional groups attached to an aromatic ring is 1. The Hall–Kier alpha value is -2.87. The summed E-state index contributed by atoms with van der Waals surface area (Å²) in [5.74, 6) is 1.27. The van der Waals surface area contributed by atoms with Crippen molar-refractivity contribution in [3.63, 3.8) is 0 Å². The van der Waals surface area contributed by atoms with E-state index >= 15 is 0 Å². The van der Waals surface area contributed by atoms with Crippen LogP contribution in [0.3, 0.4) is 0 Å². The predicted octanol–water partition coefficient (Wildman–Crippen LogP) is 0.828. The van der Waals surface area contributed by atoms with Gasteiger partial charge in [-0.15, -0.1) is 0 Å². The van der Waals surface area contributed by atoms with Crippen LogP contribution >= 0.6 is 0 Å². The molecule has 132 valence electrons. The summed E-state index contributed by atoms with van der Waals surface area (Å²) >= 11 is 0. The minimum atomic E-state index is -0.0611. The summed E-state index contributed by atoms with van der Waals surface area (Å²) < 4.78 is 5.11. The Morgan fingerprint density at radius 2 is 1.96 bits per heavy atom. The van der Waals surface area contributed by atoms with Gasteiger partial charge in [-0.25, -0.2) is 9.97 Å². The zero-order chi connectivity index (χ0) is 17.6. The van der Waals surface area contributed by atoms with Gasteiger partial charge in [0.15, 0.2) is 0 Å². The van der Waals surface area contributed by atoms with Gasteiger partial charge in [0, 0.05) is 44.3 Å². The highest BCUT2D eigenvalue weighted by Crippen LogP contribution is 2.24. The summed E-state index contributed by atoms with van der Waals surface area (Å²) in [7, 11) is 1.56. The summed E-state index contributed by atoms with van der Waals surface area (Å²) in [5.41, 5.74) is 7.02. The first-order valence-corrected chi connectivity index (χ1v) is 8.13. The maximum atomic E-state index is 12.2. The first kappa shape index (κ1) is 17.0.